The van der Waals surface area contributed by atoms with Gasteiger partial charge in [0.2, 0.25) is 15.9 Å². The molecule has 0 N–H and O–H groups in total. The summed E-state index contributed by atoms with van der Waals surface area (Å²) in [6, 6.07) is 7.55. The molecule has 1 aliphatic rings. The average molecular weight is 310 g/mol. The van der Waals surface area contributed by atoms with E-state index >= 15 is 0 Å². The second kappa shape index (κ2) is 6.58. The zero-order chi connectivity index (χ0) is 15.5. The van der Waals surface area contributed by atoms with Crippen LogP contribution in [0.2, 0.25) is 0 Å². The number of hydrogen-bond acceptors (Lipinski definition) is 3. The third kappa shape index (κ3) is 4.28. The molecule has 0 aromatic heterocycles. The summed E-state index contributed by atoms with van der Waals surface area (Å²) < 4.78 is 26.5. The predicted octanol–water partition coefficient (Wildman–Crippen LogP) is 1.38. The molecule has 0 atom stereocenters. The Morgan fingerprint density at radius 2 is 1.76 bits per heavy atom. The van der Waals surface area contributed by atoms with Crippen LogP contribution in [0.5, 0.6) is 0 Å². The number of aryl methyl sites for hydroxylation is 1. The van der Waals surface area contributed by atoms with Crippen LogP contribution in [0.15, 0.2) is 24.3 Å². The van der Waals surface area contributed by atoms with E-state index in [1.54, 1.807) is 4.90 Å². The lowest BCUT2D eigenvalue weighted by Gasteiger charge is -2.21. The minimum absolute atomic E-state index is 0.00721. The monoisotopic (exact) mass is 310 g/mol. The van der Waals surface area contributed by atoms with Gasteiger partial charge in [0.05, 0.1) is 5.75 Å². The summed E-state index contributed by atoms with van der Waals surface area (Å²) in [6.45, 7) is 5.47. The third-order valence-electron chi connectivity index (χ3n) is 3.76. The molecular formula is C15H22N2O3S. The Morgan fingerprint density at radius 1 is 1.10 bits per heavy atom. The van der Waals surface area contributed by atoms with Gasteiger partial charge in [-0.05, 0) is 18.9 Å². The quantitative estimate of drug-likeness (QED) is 0.847. The van der Waals surface area contributed by atoms with Crippen molar-refractivity contribution in [1.29, 1.82) is 0 Å². The molecule has 0 aliphatic carbocycles. The molecule has 0 radical (unpaired) electrons. The molecule has 1 aromatic carbocycles. The van der Waals surface area contributed by atoms with Crippen LogP contribution in [-0.2, 0) is 20.6 Å². The van der Waals surface area contributed by atoms with Crippen molar-refractivity contribution in [3.8, 4) is 0 Å². The van der Waals surface area contributed by atoms with Gasteiger partial charge in [0.25, 0.3) is 0 Å². The van der Waals surface area contributed by atoms with Gasteiger partial charge in [0.1, 0.15) is 0 Å². The number of hydrogen-bond donors (Lipinski definition) is 0. The molecule has 0 spiro atoms. The van der Waals surface area contributed by atoms with Crippen molar-refractivity contribution in [3.63, 3.8) is 0 Å². The van der Waals surface area contributed by atoms with Crippen molar-refractivity contribution in [2.24, 2.45) is 0 Å². The normalized spacial score (nSPS) is 17.5. The first-order chi connectivity index (χ1) is 9.88. The van der Waals surface area contributed by atoms with Gasteiger partial charge >= 0.3 is 0 Å². The van der Waals surface area contributed by atoms with Crippen LogP contribution in [0.4, 0.5) is 0 Å². The van der Waals surface area contributed by atoms with Crippen molar-refractivity contribution in [1.82, 2.24) is 9.21 Å². The molecule has 0 bridgehead atoms. The van der Waals surface area contributed by atoms with Gasteiger partial charge in [-0.25, -0.2) is 8.42 Å². The Bertz CT molecular complexity index is 596. The smallest absolute Gasteiger partial charge is 0.219 e. The maximum Gasteiger partial charge on any atom is 0.219 e. The van der Waals surface area contributed by atoms with Gasteiger partial charge in [0.15, 0.2) is 0 Å². The molecule has 5 nitrogen and oxygen atoms in total. The van der Waals surface area contributed by atoms with Gasteiger partial charge in [-0.3, -0.25) is 4.79 Å². The first-order valence-electron chi connectivity index (χ1n) is 7.17. The lowest BCUT2D eigenvalue weighted by molar-refractivity contribution is -0.128. The van der Waals surface area contributed by atoms with E-state index in [-0.39, 0.29) is 11.7 Å². The van der Waals surface area contributed by atoms with Crippen molar-refractivity contribution in [3.05, 3.63) is 35.4 Å². The summed E-state index contributed by atoms with van der Waals surface area (Å²) in [6.07, 6.45) is 0.687. The van der Waals surface area contributed by atoms with Crippen molar-refractivity contribution >= 4 is 15.9 Å². The largest absolute Gasteiger partial charge is 0.342 e. The lowest BCUT2D eigenvalue weighted by atomic mass is 10.2. The minimum Gasteiger partial charge on any atom is -0.342 e. The molecule has 1 amide bonds. The second-order valence-corrected chi connectivity index (χ2v) is 7.47. The summed E-state index contributed by atoms with van der Waals surface area (Å²) >= 11 is 0. The van der Waals surface area contributed by atoms with Gasteiger partial charge in [-0.2, -0.15) is 4.31 Å². The highest BCUT2D eigenvalue weighted by atomic mass is 32.2. The van der Waals surface area contributed by atoms with Crippen molar-refractivity contribution < 1.29 is 13.2 Å². The molecule has 21 heavy (non-hydrogen) atoms. The van der Waals surface area contributed by atoms with Crippen LogP contribution in [-0.4, -0.2) is 49.7 Å². The third-order valence-corrected chi connectivity index (χ3v) is 5.61. The summed E-state index contributed by atoms with van der Waals surface area (Å²) in [7, 11) is -3.33. The summed E-state index contributed by atoms with van der Waals surface area (Å²) in [5.74, 6) is 0.0284. The molecule has 6 heteroatoms. The second-order valence-electron chi connectivity index (χ2n) is 5.50. The fraction of sp³-hybridized carbons (Fsp3) is 0.533. The lowest BCUT2D eigenvalue weighted by Crippen LogP contribution is -2.37. The first kappa shape index (κ1) is 16.0. The first-order valence-corrected chi connectivity index (χ1v) is 8.78. The fourth-order valence-corrected chi connectivity index (χ4v) is 4.04. The van der Waals surface area contributed by atoms with Crippen LogP contribution < -0.4 is 0 Å². The van der Waals surface area contributed by atoms with E-state index < -0.39 is 10.0 Å². The topological polar surface area (TPSA) is 57.7 Å². The van der Waals surface area contributed by atoms with Crippen LogP contribution in [0.25, 0.3) is 0 Å². The molecule has 2 rings (SSSR count). The van der Waals surface area contributed by atoms with Crippen molar-refractivity contribution in [2.75, 3.05) is 26.2 Å². The molecular weight excluding hydrogens is 288 g/mol. The highest BCUT2D eigenvalue weighted by molar-refractivity contribution is 7.88. The average Bonchev–Trinajstić information content (AvgIpc) is 2.67. The van der Waals surface area contributed by atoms with E-state index in [2.05, 4.69) is 0 Å². The minimum atomic E-state index is -3.33. The number of nitrogens with zero attached hydrogens (tertiary/aromatic N) is 2. The summed E-state index contributed by atoms with van der Waals surface area (Å²) in [5.41, 5.74) is 1.91. The molecule has 1 heterocycles. The molecule has 1 fully saturated rings. The van der Waals surface area contributed by atoms with Crippen molar-refractivity contribution in [2.45, 2.75) is 26.0 Å². The Hall–Kier alpha value is -1.40. The van der Waals surface area contributed by atoms with E-state index in [0.717, 1.165) is 11.1 Å². The van der Waals surface area contributed by atoms with Gasteiger partial charge in [0, 0.05) is 33.1 Å². The molecule has 116 valence electrons. The van der Waals surface area contributed by atoms with Gasteiger partial charge in [-0.15, -0.1) is 0 Å². The number of benzene rings is 1. The van der Waals surface area contributed by atoms with E-state index in [9.17, 15) is 13.2 Å². The number of rotatable bonds is 3. The van der Waals surface area contributed by atoms with E-state index in [4.69, 9.17) is 0 Å². The Labute approximate surface area is 126 Å². The predicted molar refractivity (Wildman–Crippen MR) is 82.2 cm³/mol. The summed E-state index contributed by atoms with van der Waals surface area (Å²) in [4.78, 5) is 13.1. The maximum absolute atomic E-state index is 12.5. The van der Waals surface area contributed by atoms with Crippen LogP contribution in [0.1, 0.15) is 24.5 Å². The molecule has 1 aromatic rings. The Balaban J connectivity index is 2.05. The standard InChI is InChI=1S/C15H22N2O3S/c1-13-4-6-15(7-5-13)12-21(19,20)17-9-3-8-16(10-11-17)14(2)18/h4-7H,3,8-12H2,1-2H3. The number of carbonyl (C=O) groups is 1. The van der Waals surface area contributed by atoms with Gasteiger partial charge in [-0.1, -0.05) is 29.8 Å². The van der Waals surface area contributed by atoms with Crippen LogP contribution >= 0.6 is 0 Å². The highest BCUT2D eigenvalue weighted by Crippen LogP contribution is 2.14. The SMILES string of the molecule is CC(=O)N1CCCN(S(=O)(=O)Cc2ccc(C)cc2)CC1. The maximum atomic E-state index is 12.5. The highest BCUT2D eigenvalue weighted by Gasteiger charge is 2.25. The number of sulfonamides is 1. The molecule has 0 saturated carbocycles. The van der Waals surface area contributed by atoms with E-state index in [1.807, 2.05) is 31.2 Å². The zero-order valence-electron chi connectivity index (χ0n) is 12.6. The van der Waals surface area contributed by atoms with Crippen LogP contribution in [0.3, 0.4) is 0 Å². The number of carbonyl (C=O) groups excluding carboxylic acids is 1. The Kier molecular flexibility index (Phi) is 5.00. The van der Waals surface area contributed by atoms with E-state index in [1.165, 1.54) is 11.2 Å². The molecule has 0 unspecified atom stereocenters. The van der Waals surface area contributed by atoms with E-state index in [0.29, 0.717) is 32.6 Å². The molecule has 1 saturated heterocycles. The Morgan fingerprint density at radius 3 is 2.38 bits per heavy atom. The summed E-state index contributed by atoms with van der Waals surface area (Å²) in [5, 5.41) is 0. The fourth-order valence-electron chi connectivity index (χ4n) is 2.47. The zero-order valence-corrected chi connectivity index (χ0v) is 13.4. The van der Waals surface area contributed by atoms with Gasteiger partial charge < -0.3 is 4.90 Å². The number of amides is 1. The molecule has 1 aliphatic heterocycles. The van der Waals surface area contributed by atoms with Crippen LogP contribution in [0, 0.1) is 6.92 Å².